The van der Waals surface area contributed by atoms with Gasteiger partial charge in [-0.3, -0.25) is 9.48 Å². The van der Waals surface area contributed by atoms with Gasteiger partial charge in [-0.15, -0.1) is 0 Å². The molecular formula is C23H22N6O5S. The molecule has 3 heterocycles. The van der Waals surface area contributed by atoms with Crippen molar-refractivity contribution in [3.05, 3.63) is 60.4 Å². The van der Waals surface area contributed by atoms with E-state index in [1.165, 1.54) is 12.1 Å². The van der Waals surface area contributed by atoms with Crippen LogP contribution in [-0.4, -0.2) is 40.8 Å². The van der Waals surface area contributed by atoms with Gasteiger partial charge in [0.1, 0.15) is 12.4 Å². The molecule has 0 atom stereocenters. The van der Waals surface area contributed by atoms with Crippen LogP contribution in [0.25, 0.3) is 22.8 Å². The van der Waals surface area contributed by atoms with Gasteiger partial charge in [0.15, 0.2) is 0 Å². The second-order valence-electron chi connectivity index (χ2n) is 8.06. The molecular weight excluding hydrogens is 472 g/mol. The van der Waals surface area contributed by atoms with Crippen molar-refractivity contribution in [1.29, 1.82) is 0 Å². The largest absolute Gasteiger partial charge is 0.487 e. The molecule has 1 saturated heterocycles. The number of ether oxygens (including phenoxy) is 1. The van der Waals surface area contributed by atoms with Crippen molar-refractivity contribution in [2.75, 3.05) is 11.4 Å². The zero-order valence-electron chi connectivity index (χ0n) is 18.8. The van der Waals surface area contributed by atoms with Crippen molar-refractivity contribution in [3.8, 4) is 28.6 Å². The van der Waals surface area contributed by atoms with Crippen molar-refractivity contribution in [1.82, 2.24) is 19.9 Å². The van der Waals surface area contributed by atoms with Crippen LogP contribution in [-0.2, 0) is 28.5 Å². The summed E-state index contributed by atoms with van der Waals surface area (Å²) in [7, 11) is -2.09. The highest BCUT2D eigenvalue weighted by Crippen LogP contribution is 2.28. The number of aromatic nitrogens is 4. The first-order valence-corrected chi connectivity index (χ1v) is 12.4. The summed E-state index contributed by atoms with van der Waals surface area (Å²) >= 11 is 0. The van der Waals surface area contributed by atoms with Gasteiger partial charge in [-0.05, 0) is 42.8 Å². The summed E-state index contributed by atoms with van der Waals surface area (Å²) in [5, 5.41) is 13.5. The summed E-state index contributed by atoms with van der Waals surface area (Å²) in [5.74, 6) is 1.20. The summed E-state index contributed by atoms with van der Waals surface area (Å²) in [6, 6.07) is 13.4. The smallest absolute Gasteiger partial charge is 0.261 e. The number of aryl methyl sites for hydroxylation is 1. The van der Waals surface area contributed by atoms with Crippen LogP contribution in [0.4, 0.5) is 5.69 Å². The van der Waals surface area contributed by atoms with Gasteiger partial charge >= 0.3 is 0 Å². The number of sulfonamides is 1. The van der Waals surface area contributed by atoms with Crippen molar-refractivity contribution >= 4 is 21.6 Å². The van der Waals surface area contributed by atoms with Gasteiger partial charge in [0.2, 0.25) is 21.8 Å². The van der Waals surface area contributed by atoms with E-state index in [0.717, 1.165) is 18.7 Å². The lowest BCUT2D eigenvalue weighted by atomic mass is 10.2. The van der Waals surface area contributed by atoms with Gasteiger partial charge in [0.05, 0.1) is 22.3 Å². The molecule has 11 nitrogen and oxygen atoms in total. The number of carbonyl (C=O) groups is 1. The zero-order valence-corrected chi connectivity index (χ0v) is 19.6. The van der Waals surface area contributed by atoms with E-state index in [4.69, 9.17) is 14.4 Å². The summed E-state index contributed by atoms with van der Waals surface area (Å²) in [6.45, 7) is 0.919. The first-order valence-electron chi connectivity index (χ1n) is 10.8. The van der Waals surface area contributed by atoms with E-state index in [9.17, 15) is 13.2 Å². The maximum Gasteiger partial charge on any atom is 0.261 e. The Bertz CT molecular complexity index is 1490. The second kappa shape index (κ2) is 8.96. The molecule has 5 rings (SSSR count). The van der Waals surface area contributed by atoms with Gasteiger partial charge in [0, 0.05) is 31.3 Å². The second-order valence-corrected chi connectivity index (χ2v) is 9.62. The van der Waals surface area contributed by atoms with E-state index in [-0.39, 0.29) is 29.1 Å². The van der Waals surface area contributed by atoms with Crippen molar-refractivity contribution < 1.29 is 22.5 Å². The number of hydrogen-bond acceptors (Lipinski definition) is 8. The molecule has 35 heavy (non-hydrogen) atoms. The van der Waals surface area contributed by atoms with E-state index in [1.54, 1.807) is 35.0 Å². The van der Waals surface area contributed by atoms with Gasteiger partial charge in [-0.2, -0.15) is 10.1 Å². The number of nitrogens with zero attached hydrogens (tertiary/aromatic N) is 5. The fourth-order valence-electron chi connectivity index (χ4n) is 3.87. The average molecular weight is 495 g/mol. The van der Waals surface area contributed by atoms with Gasteiger partial charge in [-0.1, -0.05) is 17.3 Å². The molecule has 4 aromatic rings. The molecule has 180 valence electrons. The Labute approximate surface area is 201 Å². The van der Waals surface area contributed by atoms with Crippen LogP contribution in [0.1, 0.15) is 18.5 Å². The van der Waals surface area contributed by atoms with E-state index < -0.39 is 10.0 Å². The van der Waals surface area contributed by atoms with Crippen molar-refractivity contribution in [3.63, 3.8) is 0 Å². The highest BCUT2D eigenvalue weighted by Gasteiger charge is 2.22. The maximum atomic E-state index is 11.9. The normalized spacial score (nSPS) is 14.0. The summed E-state index contributed by atoms with van der Waals surface area (Å²) in [5.41, 5.74) is 2.60. The Balaban J connectivity index is 1.33. The third-order valence-corrected chi connectivity index (χ3v) is 6.65. The fourth-order valence-corrected chi connectivity index (χ4v) is 4.43. The first kappa shape index (κ1) is 22.7. The van der Waals surface area contributed by atoms with Crippen LogP contribution >= 0.6 is 0 Å². The molecule has 0 radical (unpaired) electrons. The number of carbonyl (C=O) groups excluding carboxylic acids is 1. The molecule has 2 N–H and O–H groups in total. The van der Waals surface area contributed by atoms with E-state index in [2.05, 4.69) is 15.2 Å². The molecule has 0 unspecified atom stereocenters. The molecule has 1 fully saturated rings. The highest BCUT2D eigenvalue weighted by molar-refractivity contribution is 7.89. The lowest BCUT2D eigenvalue weighted by molar-refractivity contribution is -0.117. The minimum absolute atomic E-state index is 0.0445. The van der Waals surface area contributed by atoms with E-state index in [0.29, 0.717) is 29.0 Å². The number of amides is 1. The molecule has 1 aliphatic rings. The van der Waals surface area contributed by atoms with Gasteiger partial charge < -0.3 is 14.2 Å². The monoisotopic (exact) mass is 494 g/mol. The van der Waals surface area contributed by atoms with Crippen LogP contribution in [0.15, 0.2) is 64.1 Å². The minimum Gasteiger partial charge on any atom is -0.487 e. The molecule has 12 heteroatoms. The fraction of sp³-hybridized carbons (Fsp3) is 0.217. The van der Waals surface area contributed by atoms with Gasteiger partial charge in [0.25, 0.3) is 5.89 Å². The molecule has 0 bridgehead atoms. The molecule has 2 aromatic heterocycles. The van der Waals surface area contributed by atoms with E-state index >= 15 is 0 Å². The van der Waals surface area contributed by atoms with Crippen molar-refractivity contribution in [2.45, 2.75) is 24.3 Å². The lowest BCUT2D eigenvalue weighted by Crippen LogP contribution is -2.23. The van der Waals surface area contributed by atoms with Crippen molar-refractivity contribution in [2.24, 2.45) is 12.2 Å². The number of rotatable bonds is 7. The molecule has 1 aliphatic heterocycles. The Hall–Kier alpha value is -4.03. The quantitative estimate of drug-likeness (QED) is 0.412. The molecule has 0 spiro atoms. The molecule has 0 aliphatic carbocycles. The minimum atomic E-state index is -3.86. The lowest BCUT2D eigenvalue weighted by Gasteiger charge is -2.16. The van der Waals surface area contributed by atoms with Crippen LogP contribution in [0.3, 0.4) is 0 Å². The summed E-state index contributed by atoms with van der Waals surface area (Å²) in [6.07, 6.45) is 3.05. The van der Waals surface area contributed by atoms with Crippen LogP contribution in [0, 0.1) is 0 Å². The summed E-state index contributed by atoms with van der Waals surface area (Å²) in [4.78, 5) is 18.1. The predicted octanol–water partition coefficient (Wildman–Crippen LogP) is 2.49. The van der Waals surface area contributed by atoms with Crippen LogP contribution in [0.2, 0.25) is 0 Å². The topological polar surface area (TPSA) is 146 Å². The Morgan fingerprint density at radius 3 is 2.69 bits per heavy atom. The highest BCUT2D eigenvalue weighted by atomic mass is 32.2. The molecule has 0 saturated carbocycles. The average Bonchev–Trinajstić information content (AvgIpc) is 3.58. The van der Waals surface area contributed by atoms with Crippen LogP contribution in [0.5, 0.6) is 5.75 Å². The number of hydrogen-bond donors (Lipinski definition) is 1. The maximum absolute atomic E-state index is 11.9. The standard InChI is InChI=1S/C23H22N6O5S/c1-28-20(14-33-17-9-7-16(8-10-17)29-11-3-6-21(29)30)19(13-25-28)23-26-22(27-34-23)15-4-2-5-18(12-15)35(24,31)32/h2,4-5,7-10,12-13H,3,6,11,14H2,1H3,(H2,24,31,32). The third-order valence-electron chi connectivity index (χ3n) is 5.74. The Morgan fingerprint density at radius 1 is 1.17 bits per heavy atom. The van der Waals surface area contributed by atoms with E-state index in [1.807, 2.05) is 24.3 Å². The molecule has 2 aromatic carbocycles. The van der Waals surface area contributed by atoms with Gasteiger partial charge in [-0.25, -0.2) is 13.6 Å². The Morgan fingerprint density at radius 2 is 1.97 bits per heavy atom. The van der Waals surface area contributed by atoms with Crippen LogP contribution < -0.4 is 14.8 Å². The first-order chi connectivity index (χ1) is 16.8. The number of primary sulfonamides is 1. The number of benzene rings is 2. The molecule has 1 amide bonds. The SMILES string of the molecule is Cn1ncc(-c2nc(-c3cccc(S(N)(=O)=O)c3)no2)c1COc1ccc(N2CCCC2=O)cc1. The zero-order chi connectivity index (χ0) is 24.6. The Kier molecular flexibility index (Phi) is 5.83. The number of nitrogens with two attached hydrogens (primary N) is 1. The summed E-state index contributed by atoms with van der Waals surface area (Å²) < 4.78 is 36.3. The predicted molar refractivity (Wildman–Crippen MR) is 126 cm³/mol. The third kappa shape index (κ3) is 4.66. The number of anilines is 1.